The molecule has 1 nitrogen and oxygen atoms in total. The Morgan fingerprint density at radius 1 is 0.487 bits per heavy atom. The number of benzene rings is 1. The molecule has 0 amide bonds. The lowest BCUT2D eigenvalue weighted by Crippen LogP contribution is -2.66. The molecule has 0 aliphatic carbocycles. The summed E-state index contributed by atoms with van der Waals surface area (Å²) < 4.78 is 1.42. The molecule has 0 aromatic heterocycles. The highest BCUT2D eigenvalue weighted by atomic mass is 28.3. The first-order chi connectivity index (χ1) is 18.8. The van der Waals surface area contributed by atoms with Gasteiger partial charge in [-0.2, -0.15) is 19.0 Å². The van der Waals surface area contributed by atoms with E-state index in [-0.39, 0.29) is 5.74 Å². The van der Waals surface area contributed by atoms with Crippen molar-refractivity contribution in [2.24, 2.45) is 0 Å². The summed E-state index contributed by atoms with van der Waals surface area (Å²) in [6.07, 6.45) is 23.9. The Balaban J connectivity index is 0.000000768. The molecule has 0 saturated heterocycles. The van der Waals surface area contributed by atoms with Crippen molar-refractivity contribution in [3.63, 3.8) is 0 Å². The van der Waals surface area contributed by atoms with Gasteiger partial charge in [-0.1, -0.05) is 169 Å². The molecule has 39 heavy (non-hydrogen) atoms. The third-order valence-electron chi connectivity index (χ3n) is 10.3. The van der Waals surface area contributed by atoms with Crippen LogP contribution in [0.4, 0.5) is 0 Å². The van der Waals surface area contributed by atoms with Crippen LogP contribution in [-0.2, 0) is 0 Å². The van der Waals surface area contributed by atoms with Crippen LogP contribution in [0.25, 0.3) is 0 Å². The molecule has 1 aromatic rings. The fraction of sp³-hybridized carbons (Fsp3) is 0.833. The number of hydrogen-bond donors (Lipinski definition) is 0. The van der Waals surface area contributed by atoms with Crippen LogP contribution in [0.3, 0.4) is 0 Å². The Morgan fingerprint density at radius 2 is 0.795 bits per heavy atom. The van der Waals surface area contributed by atoms with E-state index >= 15 is 0 Å². The number of unbranched alkanes of at least 4 members (excludes halogenated alkanes) is 7. The van der Waals surface area contributed by atoms with Crippen molar-refractivity contribution in [3.8, 4) is 0 Å². The van der Waals surface area contributed by atoms with Crippen LogP contribution < -0.4 is 5.19 Å². The number of nitrogens with zero attached hydrogens (tertiary/aromatic N) is 1. The van der Waals surface area contributed by atoms with Crippen LogP contribution in [-0.4, -0.2) is 44.3 Å². The lowest BCUT2D eigenvalue weighted by Gasteiger charge is -2.53. The molecule has 0 N–H and O–H groups in total. The molecule has 0 heterocycles. The fourth-order valence-corrected chi connectivity index (χ4v) is 11.7. The Bertz CT molecular complexity index is 600. The molecule has 1 aromatic carbocycles. The van der Waals surface area contributed by atoms with E-state index in [0.717, 1.165) is 0 Å². The van der Waals surface area contributed by atoms with Gasteiger partial charge < -0.3 is 4.48 Å². The molecular formula is C36H74BNSi. The highest BCUT2D eigenvalue weighted by molar-refractivity contribution is 7.46. The van der Waals surface area contributed by atoms with Crippen molar-refractivity contribution in [2.45, 2.75) is 170 Å². The number of quaternary nitrogens is 1. The van der Waals surface area contributed by atoms with E-state index in [1.54, 1.807) is 5.19 Å². The summed E-state index contributed by atoms with van der Waals surface area (Å²) in [6.45, 7) is 27.4. The van der Waals surface area contributed by atoms with Crippen molar-refractivity contribution in [2.75, 3.05) is 26.2 Å². The minimum atomic E-state index is -1.41. The van der Waals surface area contributed by atoms with E-state index in [1.165, 1.54) is 140 Å². The first-order valence-electron chi connectivity index (χ1n) is 17.9. The standard InChI is InChI=1S/C20H38BSi.C16H36N/c1-6-9-17-21(18-10-7-2,19-11-8-3)22(4,5)20-15-13-12-14-16-20;1-5-9-13-17(14-10-6-2,15-11-7-3)16-12-8-4/h12-16H,6-11,17-19H2,1-5H3;5-16H2,1-4H3/q-1;+1. The fourth-order valence-electron chi connectivity index (χ4n) is 7.17. The molecule has 0 aliphatic rings. The van der Waals surface area contributed by atoms with Gasteiger partial charge in [-0.15, -0.1) is 0 Å². The zero-order chi connectivity index (χ0) is 29.5. The maximum Gasteiger partial charge on any atom is 0.0786 e. The first kappa shape index (κ1) is 38.5. The van der Waals surface area contributed by atoms with E-state index in [1.807, 2.05) is 0 Å². The molecular weight excluding hydrogens is 485 g/mol. The summed E-state index contributed by atoms with van der Waals surface area (Å²) in [7, 11) is -1.41. The van der Waals surface area contributed by atoms with Gasteiger partial charge in [0.2, 0.25) is 0 Å². The third-order valence-corrected chi connectivity index (χ3v) is 16.1. The van der Waals surface area contributed by atoms with E-state index < -0.39 is 7.94 Å². The zero-order valence-electron chi connectivity index (χ0n) is 28.8. The van der Waals surface area contributed by atoms with E-state index in [0.29, 0.717) is 0 Å². The van der Waals surface area contributed by atoms with Crippen LogP contribution in [0.5, 0.6) is 0 Å². The van der Waals surface area contributed by atoms with Crippen LogP contribution >= 0.6 is 0 Å². The highest BCUT2D eigenvalue weighted by Crippen LogP contribution is 2.36. The van der Waals surface area contributed by atoms with Gasteiger partial charge >= 0.3 is 0 Å². The summed E-state index contributed by atoms with van der Waals surface area (Å²) in [5.41, 5.74) is -0.208. The van der Waals surface area contributed by atoms with E-state index in [2.05, 4.69) is 91.9 Å². The molecule has 0 unspecified atom stereocenters. The molecule has 230 valence electrons. The Morgan fingerprint density at radius 3 is 1.08 bits per heavy atom. The smallest absolute Gasteiger partial charge is 0.0786 e. The molecule has 0 saturated carbocycles. The summed E-state index contributed by atoms with van der Waals surface area (Å²) in [5, 5.41) is 1.69. The van der Waals surface area contributed by atoms with Crippen molar-refractivity contribution in [3.05, 3.63) is 30.3 Å². The zero-order valence-corrected chi connectivity index (χ0v) is 29.8. The maximum absolute atomic E-state index is 2.67. The lowest BCUT2D eigenvalue weighted by atomic mass is 9.38. The van der Waals surface area contributed by atoms with Gasteiger partial charge in [-0.25, -0.2) is 0 Å². The predicted molar refractivity (Wildman–Crippen MR) is 188 cm³/mol. The van der Waals surface area contributed by atoms with Crippen molar-refractivity contribution >= 4 is 18.9 Å². The largest absolute Gasteiger partial charge is 0.324 e. The molecule has 0 spiro atoms. The van der Waals surface area contributed by atoms with Gasteiger partial charge in [-0.05, 0) is 25.7 Å². The normalized spacial score (nSPS) is 12.3. The highest BCUT2D eigenvalue weighted by Gasteiger charge is 2.39. The van der Waals surface area contributed by atoms with Crippen molar-refractivity contribution < 1.29 is 4.48 Å². The summed E-state index contributed by atoms with van der Waals surface area (Å²) in [6, 6.07) is 11.5. The van der Waals surface area contributed by atoms with Gasteiger partial charge in [0.05, 0.1) is 26.2 Å². The van der Waals surface area contributed by atoms with Crippen LogP contribution in [0, 0.1) is 0 Å². The SMILES string of the molecule is CCCC[B-](CCCC)(CCCC)[Si](C)(C)c1ccccc1.CCCC[N+](CCCC)(CCCC)CCCC. The molecule has 0 radical (unpaired) electrons. The van der Waals surface area contributed by atoms with Crippen LogP contribution in [0.15, 0.2) is 30.3 Å². The van der Waals surface area contributed by atoms with Crippen molar-refractivity contribution in [1.29, 1.82) is 0 Å². The van der Waals surface area contributed by atoms with Crippen molar-refractivity contribution in [1.82, 2.24) is 0 Å². The second-order valence-electron chi connectivity index (χ2n) is 13.6. The molecule has 0 fully saturated rings. The van der Waals surface area contributed by atoms with Gasteiger partial charge in [-0.3, -0.25) is 0 Å². The Kier molecular flexibility index (Phi) is 22.8. The molecule has 0 atom stereocenters. The second-order valence-corrected chi connectivity index (χ2v) is 18.9. The average molecular weight is 560 g/mol. The minimum absolute atomic E-state index is 0.208. The maximum atomic E-state index is 2.67. The third kappa shape index (κ3) is 14.3. The lowest BCUT2D eigenvalue weighted by molar-refractivity contribution is -0.929. The Hall–Kier alpha value is -0.538. The monoisotopic (exact) mass is 560 g/mol. The molecule has 0 aliphatic heterocycles. The number of rotatable bonds is 23. The van der Waals surface area contributed by atoms with E-state index in [9.17, 15) is 0 Å². The quantitative estimate of drug-likeness (QED) is 0.0924. The average Bonchev–Trinajstić information content (AvgIpc) is 2.97. The summed E-state index contributed by atoms with van der Waals surface area (Å²) >= 11 is 0. The van der Waals surface area contributed by atoms with Gasteiger partial charge in [0.1, 0.15) is 0 Å². The molecule has 3 heteroatoms. The summed E-state index contributed by atoms with van der Waals surface area (Å²) in [5.74, 6) is 0. The molecule has 1 rings (SSSR count). The van der Waals surface area contributed by atoms with Gasteiger partial charge in [0, 0.05) is 5.74 Å². The van der Waals surface area contributed by atoms with Crippen LogP contribution in [0.2, 0.25) is 32.1 Å². The van der Waals surface area contributed by atoms with Crippen LogP contribution in [0.1, 0.15) is 138 Å². The van der Waals surface area contributed by atoms with Gasteiger partial charge in [0.15, 0.2) is 0 Å². The number of hydrogen-bond acceptors (Lipinski definition) is 0. The second kappa shape index (κ2) is 23.1. The molecule has 0 bridgehead atoms. The predicted octanol–water partition coefficient (Wildman–Crippen LogP) is 11.5. The topological polar surface area (TPSA) is 0 Å². The first-order valence-corrected chi connectivity index (χ1v) is 21.0. The minimum Gasteiger partial charge on any atom is -0.324 e. The van der Waals surface area contributed by atoms with E-state index in [4.69, 9.17) is 0 Å². The Labute approximate surface area is 249 Å². The summed E-state index contributed by atoms with van der Waals surface area (Å²) in [4.78, 5) is 0. The van der Waals surface area contributed by atoms with Gasteiger partial charge in [0.25, 0.3) is 0 Å².